The van der Waals surface area contributed by atoms with Crippen molar-refractivity contribution in [3.8, 4) is 0 Å². The zero-order valence-electron chi connectivity index (χ0n) is 10.2. The molecule has 94 valence electrons. The minimum absolute atomic E-state index is 0.196. The monoisotopic (exact) mass is 253 g/mol. The molecule has 0 aromatic heterocycles. The Morgan fingerprint density at radius 3 is 2.53 bits per heavy atom. The van der Waals surface area contributed by atoms with Crippen molar-refractivity contribution < 1.29 is 5.11 Å². The van der Waals surface area contributed by atoms with Gasteiger partial charge in [-0.2, -0.15) is 0 Å². The highest BCUT2D eigenvalue weighted by molar-refractivity contribution is 6.30. The second-order valence-electron chi connectivity index (χ2n) is 4.90. The zero-order valence-corrected chi connectivity index (χ0v) is 11.0. The van der Waals surface area contributed by atoms with Crippen molar-refractivity contribution in [3.63, 3.8) is 0 Å². The molecule has 0 amide bonds. The predicted octanol–water partition coefficient (Wildman–Crippen LogP) is 3.29. The van der Waals surface area contributed by atoms with Gasteiger partial charge in [-0.25, -0.2) is 0 Å². The van der Waals surface area contributed by atoms with Gasteiger partial charge < -0.3 is 10.4 Å². The van der Waals surface area contributed by atoms with Crippen molar-refractivity contribution in [2.45, 2.75) is 50.8 Å². The van der Waals surface area contributed by atoms with Gasteiger partial charge in [-0.15, -0.1) is 0 Å². The normalized spacial score (nSPS) is 26.8. The highest BCUT2D eigenvalue weighted by Gasteiger charge is 2.24. The van der Waals surface area contributed by atoms with Crippen molar-refractivity contribution in [2.24, 2.45) is 0 Å². The van der Waals surface area contributed by atoms with Gasteiger partial charge in [0.25, 0.3) is 0 Å². The molecule has 2 rings (SSSR count). The topological polar surface area (TPSA) is 32.3 Å². The van der Waals surface area contributed by atoms with Gasteiger partial charge in [0.2, 0.25) is 0 Å². The third kappa shape index (κ3) is 3.44. The first-order chi connectivity index (χ1) is 8.16. The first-order valence-corrected chi connectivity index (χ1v) is 6.74. The minimum Gasteiger partial charge on any atom is -0.392 e. The summed E-state index contributed by atoms with van der Waals surface area (Å²) in [5.41, 5.74) is 1.21. The van der Waals surface area contributed by atoms with E-state index in [0.29, 0.717) is 0 Å². The molecule has 1 saturated carbocycles. The molecule has 0 spiro atoms. The summed E-state index contributed by atoms with van der Waals surface area (Å²) in [6.07, 6.45) is 4.15. The van der Waals surface area contributed by atoms with Gasteiger partial charge in [-0.1, -0.05) is 36.6 Å². The summed E-state index contributed by atoms with van der Waals surface area (Å²) in [6.45, 7) is 2.13. The van der Waals surface area contributed by atoms with Crippen molar-refractivity contribution in [1.29, 1.82) is 0 Å². The highest BCUT2D eigenvalue weighted by Crippen LogP contribution is 2.22. The molecule has 1 aromatic rings. The standard InChI is InChI=1S/C14H20ClNO/c1-10(11-6-8-12(15)9-7-11)16-13-4-2-3-5-14(13)17/h6-10,13-14,16-17H,2-5H2,1H3. The van der Waals surface area contributed by atoms with Crippen LogP contribution in [-0.2, 0) is 0 Å². The number of hydrogen-bond donors (Lipinski definition) is 2. The van der Waals surface area contributed by atoms with E-state index in [9.17, 15) is 5.11 Å². The quantitative estimate of drug-likeness (QED) is 0.867. The third-order valence-electron chi connectivity index (χ3n) is 3.56. The fourth-order valence-electron chi connectivity index (χ4n) is 2.47. The molecule has 0 bridgehead atoms. The maximum absolute atomic E-state index is 9.93. The van der Waals surface area contributed by atoms with Gasteiger partial charge >= 0.3 is 0 Å². The number of halogens is 1. The van der Waals surface area contributed by atoms with E-state index in [2.05, 4.69) is 12.2 Å². The first-order valence-electron chi connectivity index (χ1n) is 6.36. The molecule has 1 fully saturated rings. The number of rotatable bonds is 3. The summed E-state index contributed by atoms with van der Waals surface area (Å²) >= 11 is 5.87. The summed E-state index contributed by atoms with van der Waals surface area (Å²) in [5, 5.41) is 14.2. The van der Waals surface area contributed by atoms with Crippen LogP contribution in [0.2, 0.25) is 5.02 Å². The average molecular weight is 254 g/mol. The highest BCUT2D eigenvalue weighted by atomic mass is 35.5. The van der Waals surface area contributed by atoms with Crippen LogP contribution in [0.15, 0.2) is 24.3 Å². The van der Waals surface area contributed by atoms with Crippen LogP contribution in [0.4, 0.5) is 0 Å². The summed E-state index contributed by atoms with van der Waals surface area (Å²) in [6, 6.07) is 8.38. The lowest BCUT2D eigenvalue weighted by Crippen LogP contribution is -2.43. The number of hydrogen-bond acceptors (Lipinski definition) is 2. The van der Waals surface area contributed by atoms with Crippen LogP contribution in [0, 0.1) is 0 Å². The Balaban J connectivity index is 1.95. The van der Waals surface area contributed by atoms with Gasteiger partial charge in [0.1, 0.15) is 0 Å². The Hall–Kier alpha value is -0.570. The molecule has 1 aromatic carbocycles. The Labute approximate surface area is 108 Å². The fraction of sp³-hybridized carbons (Fsp3) is 0.571. The lowest BCUT2D eigenvalue weighted by atomic mass is 9.91. The number of benzene rings is 1. The Kier molecular flexibility index (Phi) is 4.43. The van der Waals surface area contributed by atoms with Crippen LogP contribution in [0.3, 0.4) is 0 Å². The van der Waals surface area contributed by atoms with Crippen LogP contribution in [0.1, 0.15) is 44.2 Å². The molecule has 3 unspecified atom stereocenters. The van der Waals surface area contributed by atoms with Crippen LogP contribution in [0.25, 0.3) is 0 Å². The molecule has 0 saturated heterocycles. The summed E-state index contributed by atoms with van der Waals surface area (Å²) in [7, 11) is 0. The molecule has 17 heavy (non-hydrogen) atoms. The first kappa shape index (κ1) is 12.9. The van der Waals surface area contributed by atoms with E-state index in [4.69, 9.17) is 11.6 Å². The van der Waals surface area contributed by atoms with Crippen molar-refractivity contribution in [2.75, 3.05) is 0 Å². The molecule has 0 heterocycles. The zero-order chi connectivity index (χ0) is 12.3. The molecule has 1 aliphatic carbocycles. The van der Waals surface area contributed by atoms with Crippen LogP contribution in [0.5, 0.6) is 0 Å². The molecular formula is C14H20ClNO. The summed E-state index contributed by atoms with van der Waals surface area (Å²) in [4.78, 5) is 0. The molecule has 0 aliphatic heterocycles. The van der Waals surface area contributed by atoms with Gasteiger partial charge in [-0.05, 0) is 37.5 Å². The smallest absolute Gasteiger partial charge is 0.0693 e. The molecule has 3 atom stereocenters. The van der Waals surface area contributed by atoms with Crippen molar-refractivity contribution in [1.82, 2.24) is 5.32 Å². The molecule has 3 heteroatoms. The van der Waals surface area contributed by atoms with Crippen LogP contribution in [-0.4, -0.2) is 17.3 Å². The van der Waals surface area contributed by atoms with Crippen molar-refractivity contribution >= 4 is 11.6 Å². The Morgan fingerprint density at radius 2 is 1.88 bits per heavy atom. The largest absolute Gasteiger partial charge is 0.392 e. The van der Waals surface area contributed by atoms with E-state index in [1.165, 1.54) is 12.0 Å². The van der Waals surface area contributed by atoms with E-state index in [-0.39, 0.29) is 18.2 Å². The summed E-state index contributed by atoms with van der Waals surface area (Å²) in [5.74, 6) is 0. The molecule has 0 radical (unpaired) electrons. The van der Waals surface area contributed by atoms with Gasteiger partial charge in [0.15, 0.2) is 0 Å². The Morgan fingerprint density at radius 1 is 1.24 bits per heavy atom. The van der Waals surface area contributed by atoms with Gasteiger partial charge in [0, 0.05) is 17.1 Å². The van der Waals surface area contributed by atoms with Crippen LogP contribution < -0.4 is 5.32 Å². The molecule has 1 aliphatic rings. The van der Waals surface area contributed by atoms with E-state index in [0.717, 1.165) is 24.3 Å². The maximum Gasteiger partial charge on any atom is 0.0693 e. The van der Waals surface area contributed by atoms with E-state index in [1.807, 2.05) is 24.3 Å². The van der Waals surface area contributed by atoms with E-state index >= 15 is 0 Å². The SMILES string of the molecule is CC(NC1CCCCC1O)c1ccc(Cl)cc1. The lowest BCUT2D eigenvalue weighted by Gasteiger charge is -2.31. The molecular weight excluding hydrogens is 234 g/mol. The van der Waals surface area contributed by atoms with Gasteiger partial charge in [0.05, 0.1) is 6.10 Å². The Bertz CT molecular complexity index is 352. The maximum atomic E-state index is 9.93. The van der Waals surface area contributed by atoms with E-state index < -0.39 is 0 Å². The van der Waals surface area contributed by atoms with Gasteiger partial charge in [-0.3, -0.25) is 0 Å². The third-order valence-corrected chi connectivity index (χ3v) is 3.82. The summed E-state index contributed by atoms with van der Waals surface area (Å²) < 4.78 is 0. The van der Waals surface area contributed by atoms with E-state index in [1.54, 1.807) is 0 Å². The van der Waals surface area contributed by atoms with Crippen molar-refractivity contribution in [3.05, 3.63) is 34.9 Å². The fourth-order valence-corrected chi connectivity index (χ4v) is 2.60. The predicted molar refractivity (Wildman–Crippen MR) is 71.3 cm³/mol. The van der Waals surface area contributed by atoms with Crippen LogP contribution >= 0.6 is 11.6 Å². The number of aliphatic hydroxyl groups excluding tert-OH is 1. The molecule has 2 nitrogen and oxygen atoms in total. The second-order valence-corrected chi connectivity index (χ2v) is 5.33. The lowest BCUT2D eigenvalue weighted by molar-refractivity contribution is 0.0860. The number of aliphatic hydroxyl groups is 1. The second kappa shape index (κ2) is 5.85. The molecule has 2 N–H and O–H groups in total. The minimum atomic E-state index is -0.196. The number of nitrogens with one attached hydrogen (secondary N) is 1. The average Bonchev–Trinajstić information content (AvgIpc) is 2.33.